The third-order valence-electron chi connectivity index (χ3n) is 4.43. The molecule has 0 aliphatic heterocycles. The molecule has 2 aromatic rings. The van der Waals surface area contributed by atoms with Crippen LogP contribution in [0.25, 0.3) is 6.08 Å². The van der Waals surface area contributed by atoms with Crippen molar-refractivity contribution in [3.63, 3.8) is 0 Å². The minimum absolute atomic E-state index is 0.0399. The van der Waals surface area contributed by atoms with Gasteiger partial charge < -0.3 is 10.1 Å². The monoisotopic (exact) mass is 403 g/mol. The van der Waals surface area contributed by atoms with E-state index in [1.165, 1.54) is 17.7 Å². The Morgan fingerprint density at radius 2 is 1.96 bits per heavy atom. The summed E-state index contributed by atoms with van der Waals surface area (Å²) in [5, 5.41) is 3.70. The number of nitrogens with one attached hydrogen (secondary N) is 1. The van der Waals surface area contributed by atoms with Gasteiger partial charge in [0.05, 0.1) is 16.1 Å². The largest absolute Gasteiger partial charge is 0.452 e. The topological polar surface area (TPSA) is 55.4 Å². The Bertz CT molecular complexity index is 879. The van der Waals surface area contributed by atoms with E-state index in [-0.39, 0.29) is 18.6 Å². The van der Waals surface area contributed by atoms with Crippen LogP contribution in [0.2, 0.25) is 10.0 Å². The molecule has 4 nitrogen and oxygen atoms in total. The van der Waals surface area contributed by atoms with Crippen molar-refractivity contribution in [3.8, 4) is 0 Å². The van der Waals surface area contributed by atoms with Gasteiger partial charge in [-0.2, -0.15) is 0 Å². The zero-order chi connectivity index (χ0) is 19.2. The first-order valence-electron chi connectivity index (χ1n) is 8.70. The van der Waals surface area contributed by atoms with Crippen LogP contribution >= 0.6 is 23.2 Å². The van der Waals surface area contributed by atoms with Crippen LogP contribution in [0.3, 0.4) is 0 Å². The highest BCUT2D eigenvalue weighted by molar-refractivity contribution is 6.42. The van der Waals surface area contributed by atoms with Crippen molar-refractivity contribution in [1.82, 2.24) is 5.32 Å². The molecule has 2 aromatic carbocycles. The van der Waals surface area contributed by atoms with Crippen LogP contribution in [-0.2, 0) is 20.7 Å². The van der Waals surface area contributed by atoms with E-state index in [9.17, 15) is 9.59 Å². The molecule has 1 N–H and O–H groups in total. The lowest BCUT2D eigenvalue weighted by Gasteiger charge is -2.26. The Hall–Kier alpha value is -2.30. The molecule has 0 saturated carbocycles. The zero-order valence-electron chi connectivity index (χ0n) is 14.6. The molecule has 0 unspecified atom stereocenters. The molecule has 0 spiro atoms. The second kappa shape index (κ2) is 9.07. The molecule has 0 bridgehead atoms. The van der Waals surface area contributed by atoms with E-state index in [2.05, 4.69) is 11.4 Å². The van der Waals surface area contributed by atoms with Gasteiger partial charge in [-0.25, -0.2) is 4.79 Å². The van der Waals surface area contributed by atoms with Crippen molar-refractivity contribution in [2.75, 3.05) is 6.61 Å². The van der Waals surface area contributed by atoms with Crippen molar-refractivity contribution in [2.24, 2.45) is 0 Å². The normalized spacial score (nSPS) is 16.0. The second-order valence-electron chi connectivity index (χ2n) is 6.30. The van der Waals surface area contributed by atoms with Gasteiger partial charge in [0.2, 0.25) is 0 Å². The molecule has 0 fully saturated rings. The molecule has 27 heavy (non-hydrogen) atoms. The van der Waals surface area contributed by atoms with E-state index in [0.717, 1.165) is 24.8 Å². The molecule has 0 aromatic heterocycles. The lowest BCUT2D eigenvalue weighted by atomic mass is 9.88. The molecule has 0 saturated heterocycles. The van der Waals surface area contributed by atoms with Gasteiger partial charge in [0.25, 0.3) is 5.91 Å². The summed E-state index contributed by atoms with van der Waals surface area (Å²) in [6.07, 6.45) is 5.65. The predicted octanol–water partition coefficient (Wildman–Crippen LogP) is 4.74. The fraction of sp³-hybridized carbons (Fsp3) is 0.238. The fourth-order valence-electron chi connectivity index (χ4n) is 3.13. The maximum Gasteiger partial charge on any atom is 0.331 e. The first kappa shape index (κ1) is 19.5. The smallest absolute Gasteiger partial charge is 0.331 e. The maximum atomic E-state index is 12.1. The fourth-order valence-corrected chi connectivity index (χ4v) is 3.50. The molecule has 0 radical (unpaired) electrons. The Balaban J connectivity index is 1.52. The van der Waals surface area contributed by atoms with E-state index in [1.54, 1.807) is 18.2 Å². The van der Waals surface area contributed by atoms with Crippen LogP contribution in [0, 0.1) is 0 Å². The third kappa shape index (κ3) is 5.12. The lowest BCUT2D eigenvalue weighted by molar-refractivity contribution is -0.144. The highest BCUT2D eigenvalue weighted by atomic mass is 35.5. The highest BCUT2D eigenvalue weighted by Crippen LogP contribution is 2.29. The Labute approximate surface area is 168 Å². The molecule has 3 rings (SSSR count). The quantitative estimate of drug-likeness (QED) is 0.578. The van der Waals surface area contributed by atoms with Crippen molar-refractivity contribution in [3.05, 3.63) is 75.3 Å². The van der Waals surface area contributed by atoms with Gasteiger partial charge in [0, 0.05) is 6.08 Å². The first-order chi connectivity index (χ1) is 13.0. The summed E-state index contributed by atoms with van der Waals surface area (Å²) in [5.74, 6) is -0.940. The van der Waals surface area contributed by atoms with E-state index >= 15 is 0 Å². The summed E-state index contributed by atoms with van der Waals surface area (Å²) in [6.45, 7) is -0.328. The van der Waals surface area contributed by atoms with Gasteiger partial charge in [-0.1, -0.05) is 59.6 Å². The van der Waals surface area contributed by atoms with Crippen LogP contribution < -0.4 is 5.32 Å². The summed E-state index contributed by atoms with van der Waals surface area (Å²) in [7, 11) is 0. The molecule has 140 valence electrons. The number of carbonyl (C=O) groups excluding carboxylic acids is 2. The average Bonchev–Trinajstić information content (AvgIpc) is 2.68. The Morgan fingerprint density at radius 3 is 2.81 bits per heavy atom. The number of rotatable bonds is 5. The van der Waals surface area contributed by atoms with Gasteiger partial charge in [0.1, 0.15) is 0 Å². The minimum atomic E-state index is -0.620. The van der Waals surface area contributed by atoms with Gasteiger partial charge in [-0.05, 0) is 48.1 Å². The first-order valence-corrected chi connectivity index (χ1v) is 9.46. The molecule has 1 aliphatic carbocycles. The summed E-state index contributed by atoms with van der Waals surface area (Å²) < 4.78 is 5.01. The molecule has 6 heteroatoms. The minimum Gasteiger partial charge on any atom is -0.452 e. The highest BCUT2D eigenvalue weighted by Gasteiger charge is 2.21. The van der Waals surface area contributed by atoms with Crippen LogP contribution in [0.1, 0.15) is 35.6 Å². The lowest BCUT2D eigenvalue weighted by Crippen LogP contribution is -2.34. The van der Waals surface area contributed by atoms with E-state index in [0.29, 0.717) is 15.6 Å². The van der Waals surface area contributed by atoms with Gasteiger partial charge in [-0.3, -0.25) is 4.79 Å². The summed E-state index contributed by atoms with van der Waals surface area (Å²) in [6, 6.07) is 13.2. The number of hydrogen-bond acceptors (Lipinski definition) is 3. The Kier molecular flexibility index (Phi) is 6.54. The van der Waals surface area contributed by atoms with Crippen molar-refractivity contribution < 1.29 is 14.3 Å². The van der Waals surface area contributed by atoms with E-state index in [4.69, 9.17) is 27.9 Å². The molecule has 1 amide bonds. The van der Waals surface area contributed by atoms with Crippen LogP contribution in [0.15, 0.2) is 48.5 Å². The Morgan fingerprint density at radius 1 is 1.15 bits per heavy atom. The predicted molar refractivity (Wildman–Crippen MR) is 107 cm³/mol. The second-order valence-corrected chi connectivity index (χ2v) is 7.08. The number of fused-ring (bicyclic) bond motifs is 1. The van der Waals surface area contributed by atoms with Crippen molar-refractivity contribution >= 4 is 41.2 Å². The number of carbonyl (C=O) groups is 2. The molecule has 1 aliphatic rings. The maximum absolute atomic E-state index is 12.1. The number of halogens is 2. The van der Waals surface area contributed by atoms with Gasteiger partial charge >= 0.3 is 5.97 Å². The SMILES string of the molecule is O=C(COC(=O)/C=C/c1cccc(Cl)c1Cl)N[C@H]1CCCc2ccccc21. The van der Waals surface area contributed by atoms with E-state index in [1.807, 2.05) is 18.2 Å². The van der Waals surface area contributed by atoms with Crippen molar-refractivity contribution in [2.45, 2.75) is 25.3 Å². The zero-order valence-corrected chi connectivity index (χ0v) is 16.1. The van der Waals surface area contributed by atoms with Gasteiger partial charge in [0.15, 0.2) is 6.61 Å². The standard InChI is InChI=1S/C21H19Cl2NO3/c22-17-9-3-7-15(21(17)23)11-12-20(26)27-13-19(25)24-18-10-4-6-14-5-1-2-8-16(14)18/h1-3,5,7-9,11-12,18H,4,6,10,13H2,(H,24,25)/b12-11+/t18-/m0/s1. The number of esters is 1. The van der Waals surface area contributed by atoms with Crippen LogP contribution in [0.5, 0.6) is 0 Å². The number of amides is 1. The molecular formula is C21H19Cl2NO3. The molecular weight excluding hydrogens is 385 g/mol. The molecule has 1 atom stereocenters. The van der Waals surface area contributed by atoms with Crippen LogP contribution in [-0.4, -0.2) is 18.5 Å². The summed E-state index contributed by atoms with van der Waals surface area (Å²) in [5.41, 5.74) is 3.00. The van der Waals surface area contributed by atoms with Gasteiger partial charge in [-0.15, -0.1) is 0 Å². The summed E-state index contributed by atoms with van der Waals surface area (Å²) in [4.78, 5) is 24.0. The molecule has 0 heterocycles. The number of benzene rings is 2. The third-order valence-corrected chi connectivity index (χ3v) is 5.26. The van der Waals surface area contributed by atoms with E-state index < -0.39 is 5.97 Å². The number of hydrogen-bond donors (Lipinski definition) is 1. The van der Waals surface area contributed by atoms with Crippen molar-refractivity contribution in [1.29, 1.82) is 0 Å². The number of aryl methyl sites for hydroxylation is 1. The average molecular weight is 404 g/mol. The summed E-state index contributed by atoms with van der Waals surface area (Å²) >= 11 is 12.0. The number of ether oxygens (including phenoxy) is 1. The van der Waals surface area contributed by atoms with Crippen LogP contribution in [0.4, 0.5) is 0 Å².